The summed E-state index contributed by atoms with van der Waals surface area (Å²) in [5.41, 5.74) is 0. The Morgan fingerprint density at radius 1 is 0.875 bits per heavy atom. The minimum absolute atomic E-state index is 0.678. The minimum atomic E-state index is -1.11. The van der Waals surface area contributed by atoms with Crippen molar-refractivity contribution in [3.8, 4) is 0 Å². The molecule has 0 bridgehead atoms. The second-order valence-electron chi connectivity index (χ2n) is 3.40. The van der Waals surface area contributed by atoms with Crippen molar-refractivity contribution >= 4 is 6.05 Å². The van der Waals surface area contributed by atoms with Gasteiger partial charge < -0.3 is 0 Å². The average molecular weight is 313 g/mol. The van der Waals surface area contributed by atoms with Gasteiger partial charge in [-0.3, -0.25) is 0 Å². The summed E-state index contributed by atoms with van der Waals surface area (Å²) in [5, 5.41) is 7.54. The van der Waals surface area contributed by atoms with Crippen LogP contribution in [0.3, 0.4) is 0 Å². The van der Waals surface area contributed by atoms with E-state index in [4.69, 9.17) is 0 Å². The SMILES string of the molecule is C[Si](C)(C)[Pt]([CH3])([CH3])[CH3]. The summed E-state index contributed by atoms with van der Waals surface area (Å²) in [5.74, 6) is 0. The van der Waals surface area contributed by atoms with E-state index < -0.39 is 21.4 Å². The van der Waals surface area contributed by atoms with Crippen LogP contribution in [0.4, 0.5) is 0 Å². The van der Waals surface area contributed by atoms with Crippen LogP contribution in [0.25, 0.3) is 0 Å². The van der Waals surface area contributed by atoms with Gasteiger partial charge >= 0.3 is 57.0 Å². The monoisotopic (exact) mass is 313 g/mol. The van der Waals surface area contributed by atoms with Crippen molar-refractivity contribution in [1.82, 2.24) is 0 Å². The molecule has 0 aliphatic carbocycles. The van der Waals surface area contributed by atoms with Crippen LogP contribution < -0.4 is 0 Å². The van der Waals surface area contributed by atoms with Crippen LogP contribution in [0.15, 0.2) is 0 Å². The summed E-state index contributed by atoms with van der Waals surface area (Å²) in [4.78, 5) is 0. The third-order valence-corrected chi connectivity index (χ3v) is 34.9. The molecule has 2 heteroatoms. The summed E-state index contributed by atoms with van der Waals surface area (Å²) in [6.07, 6.45) is 0. The summed E-state index contributed by atoms with van der Waals surface area (Å²) in [7, 11) is 0. The molecule has 0 aliphatic rings. The van der Waals surface area contributed by atoms with Gasteiger partial charge in [-0.1, -0.05) is 0 Å². The van der Waals surface area contributed by atoms with Crippen LogP contribution in [0, 0.1) is 0 Å². The quantitative estimate of drug-likeness (QED) is 0.653. The maximum absolute atomic E-state index is 2.51. The van der Waals surface area contributed by atoms with Gasteiger partial charge in [0.1, 0.15) is 0 Å². The zero-order chi connectivity index (χ0) is 7.00. The third-order valence-electron chi connectivity index (χ3n) is 1.42. The van der Waals surface area contributed by atoms with Gasteiger partial charge in [0.2, 0.25) is 0 Å². The molecule has 0 aromatic heterocycles. The maximum atomic E-state index is 2.51. The van der Waals surface area contributed by atoms with Gasteiger partial charge in [-0.15, -0.1) is 0 Å². The number of hydrogen-bond acceptors (Lipinski definition) is 0. The molecule has 0 nitrogen and oxygen atoms in total. The first kappa shape index (κ1) is 8.91. The van der Waals surface area contributed by atoms with Crippen molar-refractivity contribution in [2.75, 3.05) is 0 Å². The van der Waals surface area contributed by atoms with Crippen molar-refractivity contribution in [2.45, 2.75) is 35.6 Å². The topological polar surface area (TPSA) is 0 Å². The molecule has 0 heterocycles. The van der Waals surface area contributed by atoms with Crippen LogP contribution >= 0.6 is 0 Å². The van der Waals surface area contributed by atoms with Crippen LogP contribution in [-0.4, -0.2) is 6.05 Å². The van der Waals surface area contributed by atoms with Gasteiger partial charge in [0.15, 0.2) is 0 Å². The Kier molecular flexibility index (Phi) is 2.52. The second kappa shape index (κ2) is 2.26. The molecule has 0 saturated carbocycles. The van der Waals surface area contributed by atoms with Crippen molar-refractivity contribution in [1.29, 1.82) is 0 Å². The van der Waals surface area contributed by atoms with Crippen molar-refractivity contribution in [3.05, 3.63) is 0 Å². The van der Waals surface area contributed by atoms with Crippen LogP contribution in [0.2, 0.25) is 35.6 Å². The third kappa shape index (κ3) is 2.45. The summed E-state index contributed by atoms with van der Waals surface area (Å²) < 4.78 is 0. The van der Waals surface area contributed by atoms with Gasteiger partial charge in [-0.2, -0.15) is 0 Å². The van der Waals surface area contributed by atoms with E-state index in [1.807, 2.05) is 0 Å². The fraction of sp³-hybridized carbons (Fsp3) is 1.00. The number of rotatable bonds is 1. The molecule has 0 saturated heterocycles. The molecule has 0 aromatic carbocycles. The molecule has 0 fully saturated rings. The van der Waals surface area contributed by atoms with Gasteiger partial charge in [0.25, 0.3) is 0 Å². The summed E-state index contributed by atoms with van der Waals surface area (Å²) >= 11 is -1.11. The van der Waals surface area contributed by atoms with E-state index in [9.17, 15) is 0 Å². The van der Waals surface area contributed by atoms with Crippen molar-refractivity contribution < 1.29 is 15.3 Å². The molecular formula is C6H18PtSi. The zero-order valence-corrected chi connectivity index (χ0v) is 10.1. The Labute approximate surface area is 57.1 Å². The van der Waals surface area contributed by atoms with E-state index in [1.165, 1.54) is 0 Å². The van der Waals surface area contributed by atoms with Crippen molar-refractivity contribution in [2.24, 2.45) is 0 Å². The Morgan fingerprint density at radius 3 is 1.00 bits per heavy atom. The van der Waals surface area contributed by atoms with Crippen LogP contribution in [-0.2, 0) is 15.3 Å². The van der Waals surface area contributed by atoms with E-state index in [0.717, 1.165) is 0 Å². The molecule has 0 N–H and O–H groups in total. The molecule has 0 aromatic rings. The second-order valence-corrected chi connectivity index (χ2v) is 35.6. The molecule has 0 aliphatic heterocycles. The van der Waals surface area contributed by atoms with E-state index in [0.29, 0.717) is 0 Å². The fourth-order valence-electron chi connectivity index (χ4n) is 0. The molecule has 0 atom stereocenters. The van der Waals surface area contributed by atoms with E-state index in [1.54, 1.807) is 0 Å². The van der Waals surface area contributed by atoms with E-state index in [2.05, 4.69) is 35.6 Å². The predicted octanol–water partition coefficient (Wildman–Crippen LogP) is 3.12. The zero-order valence-electron chi connectivity index (χ0n) is 6.82. The molecule has 0 unspecified atom stereocenters. The van der Waals surface area contributed by atoms with Crippen LogP contribution in [0.1, 0.15) is 0 Å². The standard InChI is InChI=1S/C3H9Si.3CH3.Pt/c1-4(2)3;;;;/h1-3H3;3*1H3;. The molecule has 8 heavy (non-hydrogen) atoms. The van der Waals surface area contributed by atoms with Gasteiger partial charge in [-0.25, -0.2) is 0 Å². The Hall–Kier alpha value is 0.905. The molecular weight excluding hydrogens is 295 g/mol. The predicted molar refractivity (Wildman–Crippen MR) is 40.9 cm³/mol. The van der Waals surface area contributed by atoms with E-state index >= 15 is 0 Å². The van der Waals surface area contributed by atoms with Crippen molar-refractivity contribution in [3.63, 3.8) is 0 Å². The summed E-state index contributed by atoms with van der Waals surface area (Å²) in [6.45, 7) is 7.47. The fourth-order valence-corrected chi connectivity index (χ4v) is 0. The van der Waals surface area contributed by atoms with Gasteiger partial charge in [-0.05, 0) is 0 Å². The Balaban J connectivity index is 4.02. The molecule has 0 amide bonds. The first-order valence-electron chi connectivity index (χ1n) is 2.61. The molecule has 56 valence electrons. The average Bonchev–Trinajstić information content (AvgIpc) is 1.25. The Bertz CT molecular complexity index is 63.5. The van der Waals surface area contributed by atoms with Gasteiger partial charge in [0.05, 0.1) is 0 Å². The first-order valence-corrected chi connectivity index (χ1v) is 16.1. The Morgan fingerprint density at radius 2 is 1.00 bits per heavy atom. The summed E-state index contributed by atoms with van der Waals surface area (Å²) in [6, 6.07) is -0.678. The normalized spacial score (nSPS) is 16.2. The molecule has 0 rings (SSSR count). The van der Waals surface area contributed by atoms with Gasteiger partial charge in [0, 0.05) is 0 Å². The molecule has 0 spiro atoms. The van der Waals surface area contributed by atoms with E-state index in [-0.39, 0.29) is 0 Å². The van der Waals surface area contributed by atoms with Crippen LogP contribution in [0.5, 0.6) is 0 Å². The first-order chi connectivity index (χ1) is 3.25. The molecule has 0 radical (unpaired) electrons. The number of hydrogen-bond donors (Lipinski definition) is 0.